The van der Waals surface area contributed by atoms with E-state index in [1.807, 2.05) is 24.3 Å². The molecule has 5 rings (SSSR count). The minimum atomic E-state index is -0.360. The van der Waals surface area contributed by atoms with Crippen LogP contribution < -0.4 is 0 Å². The van der Waals surface area contributed by atoms with Gasteiger partial charge in [0.05, 0.1) is 12.2 Å². The van der Waals surface area contributed by atoms with Crippen molar-refractivity contribution in [3.63, 3.8) is 0 Å². The summed E-state index contributed by atoms with van der Waals surface area (Å²) in [4.78, 5) is 13.1. The van der Waals surface area contributed by atoms with Crippen LogP contribution in [0.25, 0.3) is 5.76 Å². The SMILES string of the molecule is O=C1C2=C(O[C@H]3OCCC[C@H]3[C@@H]2c2ccc(F)cc2)c2ccccc21. The maximum atomic E-state index is 13.4. The Morgan fingerprint density at radius 1 is 1.00 bits per heavy atom. The van der Waals surface area contributed by atoms with E-state index in [1.54, 1.807) is 12.1 Å². The lowest BCUT2D eigenvalue weighted by atomic mass is 9.74. The van der Waals surface area contributed by atoms with Gasteiger partial charge in [-0.05, 0) is 30.5 Å². The molecule has 0 unspecified atom stereocenters. The Labute approximate surface area is 145 Å². The maximum absolute atomic E-state index is 13.4. The van der Waals surface area contributed by atoms with E-state index >= 15 is 0 Å². The molecule has 0 amide bonds. The molecule has 2 aromatic carbocycles. The van der Waals surface area contributed by atoms with Crippen LogP contribution in [0.15, 0.2) is 54.1 Å². The van der Waals surface area contributed by atoms with Crippen molar-refractivity contribution in [3.8, 4) is 0 Å². The Hall–Kier alpha value is -2.46. The maximum Gasteiger partial charge on any atom is 0.203 e. The number of carbonyl (C=O) groups excluding carboxylic acids is 1. The largest absolute Gasteiger partial charge is 0.463 e. The summed E-state index contributed by atoms with van der Waals surface area (Å²) in [5, 5.41) is 0. The van der Waals surface area contributed by atoms with Crippen molar-refractivity contribution in [2.45, 2.75) is 25.0 Å². The van der Waals surface area contributed by atoms with E-state index in [0.29, 0.717) is 23.5 Å². The third kappa shape index (κ3) is 2.17. The van der Waals surface area contributed by atoms with Gasteiger partial charge in [0.2, 0.25) is 6.29 Å². The quantitative estimate of drug-likeness (QED) is 0.779. The third-order valence-electron chi connectivity index (χ3n) is 5.42. The first-order valence-electron chi connectivity index (χ1n) is 8.66. The highest BCUT2D eigenvalue weighted by atomic mass is 19.1. The second kappa shape index (κ2) is 5.53. The van der Waals surface area contributed by atoms with E-state index in [1.165, 1.54) is 12.1 Å². The fourth-order valence-corrected chi connectivity index (χ4v) is 4.32. The Morgan fingerprint density at radius 3 is 2.56 bits per heavy atom. The van der Waals surface area contributed by atoms with Crippen molar-refractivity contribution in [1.82, 2.24) is 0 Å². The summed E-state index contributed by atoms with van der Waals surface area (Å²) in [6, 6.07) is 14.0. The van der Waals surface area contributed by atoms with Gasteiger partial charge in [0, 0.05) is 23.0 Å². The van der Waals surface area contributed by atoms with E-state index in [-0.39, 0.29) is 29.7 Å². The molecule has 0 aromatic heterocycles. The molecule has 0 spiro atoms. The van der Waals surface area contributed by atoms with Crippen molar-refractivity contribution in [3.05, 3.63) is 76.6 Å². The van der Waals surface area contributed by atoms with Gasteiger partial charge in [0.25, 0.3) is 0 Å². The van der Waals surface area contributed by atoms with Crippen LogP contribution in [0.5, 0.6) is 0 Å². The summed E-state index contributed by atoms with van der Waals surface area (Å²) in [6.07, 6.45) is 1.50. The number of Topliss-reactive ketones (excluding diaryl/α,β-unsaturated/α-hetero) is 1. The number of ether oxygens (including phenoxy) is 2. The van der Waals surface area contributed by atoms with Crippen LogP contribution in [0.4, 0.5) is 4.39 Å². The van der Waals surface area contributed by atoms with Gasteiger partial charge < -0.3 is 9.47 Å². The second-order valence-electron chi connectivity index (χ2n) is 6.81. The highest BCUT2D eigenvalue weighted by Gasteiger charge is 2.48. The predicted molar refractivity (Wildman–Crippen MR) is 90.4 cm³/mol. The van der Waals surface area contributed by atoms with Crippen LogP contribution in [0.1, 0.15) is 40.2 Å². The number of ketones is 1. The molecule has 1 fully saturated rings. The molecular weight excluding hydrogens is 319 g/mol. The Balaban J connectivity index is 1.70. The zero-order valence-corrected chi connectivity index (χ0v) is 13.6. The van der Waals surface area contributed by atoms with Gasteiger partial charge in [0.15, 0.2) is 5.78 Å². The predicted octanol–water partition coefficient (Wildman–Crippen LogP) is 4.30. The number of hydrogen-bond acceptors (Lipinski definition) is 3. The topological polar surface area (TPSA) is 35.5 Å². The number of hydrogen-bond donors (Lipinski definition) is 0. The third-order valence-corrected chi connectivity index (χ3v) is 5.42. The van der Waals surface area contributed by atoms with Crippen LogP contribution in [0.2, 0.25) is 0 Å². The average Bonchev–Trinajstić information content (AvgIpc) is 2.93. The molecule has 0 N–H and O–H groups in total. The molecule has 2 heterocycles. The van der Waals surface area contributed by atoms with Crippen molar-refractivity contribution in [1.29, 1.82) is 0 Å². The number of fused-ring (bicyclic) bond motifs is 3. The minimum absolute atomic E-state index is 0.0175. The van der Waals surface area contributed by atoms with Gasteiger partial charge in [-0.2, -0.15) is 0 Å². The Morgan fingerprint density at radius 2 is 1.76 bits per heavy atom. The Bertz CT molecular complexity index is 884. The lowest BCUT2D eigenvalue weighted by molar-refractivity contribution is -0.165. The second-order valence-corrected chi connectivity index (χ2v) is 6.81. The summed E-state index contributed by atoms with van der Waals surface area (Å²) in [7, 11) is 0. The molecule has 25 heavy (non-hydrogen) atoms. The van der Waals surface area contributed by atoms with Crippen LogP contribution in [0, 0.1) is 11.7 Å². The average molecular weight is 336 g/mol. The fraction of sp³-hybridized carbons (Fsp3) is 0.286. The Kier molecular flexibility index (Phi) is 3.28. The van der Waals surface area contributed by atoms with Crippen molar-refractivity contribution < 1.29 is 18.7 Å². The molecule has 1 saturated heterocycles. The molecular formula is C21H17FO3. The molecule has 126 valence electrons. The molecule has 3 atom stereocenters. The monoisotopic (exact) mass is 336 g/mol. The van der Waals surface area contributed by atoms with E-state index in [9.17, 15) is 9.18 Å². The number of carbonyl (C=O) groups is 1. The molecule has 4 heteroatoms. The van der Waals surface area contributed by atoms with Gasteiger partial charge in [-0.15, -0.1) is 0 Å². The molecule has 2 aromatic rings. The summed E-state index contributed by atoms with van der Waals surface area (Å²) in [5.41, 5.74) is 3.15. The van der Waals surface area contributed by atoms with Gasteiger partial charge in [-0.1, -0.05) is 36.4 Å². The highest BCUT2D eigenvalue weighted by molar-refractivity contribution is 6.20. The summed E-state index contributed by atoms with van der Waals surface area (Å²) < 4.78 is 25.4. The molecule has 3 nitrogen and oxygen atoms in total. The molecule has 3 aliphatic rings. The lowest BCUT2D eigenvalue weighted by Gasteiger charge is -2.41. The molecule has 0 bridgehead atoms. The first-order valence-corrected chi connectivity index (χ1v) is 8.66. The number of halogens is 1. The first-order chi connectivity index (χ1) is 12.2. The summed E-state index contributed by atoms with van der Waals surface area (Å²) in [6.45, 7) is 0.662. The molecule has 1 aliphatic carbocycles. The highest BCUT2D eigenvalue weighted by Crippen LogP contribution is 2.52. The van der Waals surface area contributed by atoms with Crippen LogP contribution in [-0.2, 0) is 9.47 Å². The van der Waals surface area contributed by atoms with E-state index in [0.717, 1.165) is 24.0 Å². The number of benzene rings is 2. The van der Waals surface area contributed by atoms with Crippen molar-refractivity contribution in [2.24, 2.45) is 5.92 Å². The van der Waals surface area contributed by atoms with Gasteiger partial charge in [-0.25, -0.2) is 4.39 Å². The molecule has 0 saturated carbocycles. The minimum Gasteiger partial charge on any atom is -0.463 e. The van der Waals surface area contributed by atoms with E-state index < -0.39 is 0 Å². The van der Waals surface area contributed by atoms with Gasteiger partial charge in [0.1, 0.15) is 11.6 Å². The van der Waals surface area contributed by atoms with Crippen LogP contribution >= 0.6 is 0 Å². The van der Waals surface area contributed by atoms with Crippen LogP contribution in [-0.4, -0.2) is 18.7 Å². The number of allylic oxidation sites excluding steroid dienone is 1. The lowest BCUT2D eigenvalue weighted by Crippen LogP contribution is -2.40. The standard InChI is InChI=1S/C21H17FO3/c22-13-9-7-12(8-10-13)17-16-6-3-11-24-21(16)25-20-15-5-2-1-4-14(15)19(23)18(17)20/h1-2,4-5,7-10,16-17,21H,3,6,11H2/t16-,17-,21+/m0/s1. The van der Waals surface area contributed by atoms with Gasteiger partial charge in [-0.3, -0.25) is 4.79 Å². The summed E-state index contributed by atoms with van der Waals surface area (Å²) in [5.74, 6) is 0.315. The summed E-state index contributed by atoms with van der Waals surface area (Å²) >= 11 is 0. The zero-order valence-electron chi connectivity index (χ0n) is 13.6. The van der Waals surface area contributed by atoms with Crippen molar-refractivity contribution >= 4 is 11.5 Å². The van der Waals surface area contributed by atoms with E-state index in [4.69, 9.17) is 9.47 Å². The zero-order chi connectivity index (χ0) is 17.0. The van der Waals surface area contributed by atoms with E-state index in [2.05, 4.69) is 0 Å². The molecule has 0 radical (unpaired) electrons. The molecule has 2 aliphatic heterocycles. The normalized spacial score (nSPS) is 27.4. The first kappa shape index (κ1) is 14.8. The number of rotatable bonds is 1. The van der Waals surface area contributed by atoms with Crippen LogP contribution in [0.3, 0.4) is 0 Å². The smallest absolute Gasteiger partial charge is 0.203 e. The fourth-order valence-electron chi connectivity index (χ4n) is 4.32. The van der Waals surface area contributed by atoms with Gasteiger partial charge >= 0.3 is 0 Å². The van der Waals surface area contributed by atoms with Crippen molar-refractivity contribution in [2.75, 3.05) is 6.61 Å².